The Hall–Kier alpha value is -0.390. The summed E-state index contributed by atoms with van der Waals surface area (Å²) in [7, 11) is 0. The third-order valence-electron chi connectivity index (χ3n) is 3.60. The molecule has 0 aliphatic heterocycles. The molecule has 3 nitrogen and oxygen atoms in total. The Morgan fingerprint density at radius 2 is 2.47 bits per heavy atom. The summed E-state index contributed by atoms with van der Waals surface area (Å²) in [4.78, 5) is 13.3. The number of amides is 1. The first-order chi connectivity index (χ1) is 8.02. The minimum atomic E-state index is -0.380. The van der Waals surface area contributed by atoms with Crippen LogP contribution in [0.5, 0.6) is 0 Å². The number of hydrogen-bond donors (Lipinski definition) is 2. The summed E-state index contributed by atoms with van der Waals surface area (Å²) in [5.74, 6) is 0.0898. The van der Waals surface area contributed by atoms with Gasteiger partial charge in [-0.25, -0.2) is 0 Å². The molecule has 1 aliphatic rings. The summed E-state index contributed by atoms with van der Waals surface area (Å²) in [6.45, 7) is 2.57. The van der Waals surface area contributed by atoms with E-state index in [0.717, 1.165) is 27.9 Å². The molecule has 2 unspecified atom stereocenters. The third kappa shape index (κ3) is 2.72. The average molecular weight is 317 g/mol. The van der Waals surface area contributed by atoms with E-state index in [1.807, 2.05) is 19.1 Å². The lowest BCUT2D eigenvalue weighted by molar-refractivity contribution is -0.130. The van der Waals surface area contributed by atoms with Crippen LogP contribution in [0.4, 0.5) is 0 Å². The second kappa shape index (κ2) is 5.08. The number of nitrogens with two attached hydrogens (primary N) is 1. The van der Waals surface area contributed by atoms with E-state index in [9.17, 15) is 4.79 Å². The van der Waals surface area contributed by atoms with Crippen LogP contribution in [-0.2, 0) is 11.3 Å². The highest BCUT2D eigenvalue weighted by Crippen LogP contribution is 2.36. The van der Waals surface area contributed by atoms with E-state index in [2.05, 4.69) is 21.2 Å². The van der Waals surface area contributed by atoms with Crippen molar-refractivity contribution in [3.63, 3.8) is 0 Å². The van der Waals surface area contributed by atoms with E-state index in [1.165, 1.54) is 0 Å². The second-order valence-corrected chi connectivity index (χ2v) is 7.35. The molecule has 1 amide bonds. The van der Waals surface area contributed by atoms with Crippen molar-refractivity contribution in [2.24, 2.45) is 11.1 Å². The van der Waals surface area contributed by atoms with Crippen LogP contribution in [0.2, 0.25) is 0 Å². The van der Waals surface area contributed by atoms with Crippen LogP contribution in [0.25, 0.3) is 0 Å². The van der Waals surface area contributed by atoms with E-state index in [4.69, 9.17) is 5.73 Å². The van der Waals surface area contributed by atoms with Crippen molar-refractivity contribution in [2.45, 2.75) is 38.8 Å². The van der Waals surface area contributed by atoms with E-state index >= 15 is 0 Å². The maximum atomic E-state index is 12.2. The molecule has 0 radical (unpaired) electrons. The van der Waals surface area contributed by atoms with Gasteiger partial charge in [-0.1, -0.05) is 6.42 Å². The number of rotatable bonds is 3. The molecule has 1 aromatic heterocycles. The van der Waals surface area contributed by atoms with Crippen molar-refractivity contribution in [3.05, 3.63) is 20.8 Å². The van der Waals surface area contributed by atoms with Crippen molar-refractivity contribution in [2.75, 3.05) is 0 Å². The molecule has 1 fully saturated rings. The minimum absolute atomic E-state index is 0.00225. The number of carbonyl (C=O) groups is 1. The predicted molar refractivity (Wildman–Crippen MR) is 73.8 cm³/mol. The van der Waals surface area contributed by atoms with Crippen molar-refractivity contribution in [1.29, 1.82) is 0 Å². The van der Waals surface area contributed by atoms with Gasteiger partial charge >= 0.3 is 0 Å². The Morgan fingerprint density at radius 3 is 3.00 bits per heavy atom. The standard InChI is InChI=1S/C12H17BrN2OS/c1-12(6-2-3-9(12)14)11(16)15-7-8-4-5-10(13)17-8/h4-5,9H,2-3,6-7,14H2,1H3,(H,15,16). The Labute approximate surface area is 114 Å². The largest absolute Gasteiger partial charge is 0.351 e. The molecule has 1 heterocycles. The molecule has 1 aromatic rings. The van der Waals surface area contributed by atoms with Gasteiger partial charge < -0.3 is 11.1 Å². The lowest BCUT2D eigenvalue weighted by Crippen LogP contribution is -2.47. The van der Waals surface area contributed by atoms with Gasteiger partial charge in [-0.15, -0.1) is 11.3 Å². The third-order valence-corrected chi connectivity index (χ3v) is 5.22. The highest BCUT2D eigenvalue weighted by atomic mass is 79.9. The van der Waals surface area contributed by atoms with Crippen LogP contribution in [0.3, 0.4) is 0 Å². The SMILES string of the molecule is CC1(C(=O)NCc2ccc(Br)s2)CCCC1N. The molecule has 1 saturated carbocycles. The topological polar surface area (TPSA) is 55.1 Å². The highest BCUT2D eigenvalue weighted by Gasteiger charge is 2.42. The number of hydrogen-bond acceptors (Lipinski definition) is 3. The Bertz CT molecular complexity index is 420. The van der Waals surface area contributed by atoms with Gasteiger partial charge in [-0.2, -0.15) is 0 Å². The Balaban J connectivity index is 1.93. The van der Waals surface area contributed by atoms with Gasteiger partial charge in [0.15, 0.2) is 0 Å². The maximum Gasteiger partial charge on any atom is 0.227 e. The molecule has 2 rings (SSSR count). The normalized spacial score (nSPS) is 28.3. The molecule has 2 atom stereocenters. The number of carbonyl (C=O) groups excluding carboxylic acids is 1. The van der Waals surface area contributed by atoms with Crippen molar-refractivity contribution in [1.82, 2.24) is 5.32 Å². The van der Waals surface area contributed by atoms with Crippen LogP contribution in [0, 0.1) is 5.41 Å². The molecule has 0 spiro atoms. The minimum Gasteiger partial charge on any atom is -0.351 e. The van der Waals surface area contributed by atoms with Gasteiger partial charge in [-0.3, -0.25) is 4.79 Å². The van der Waals surface area contributed by atoms with Crippen molar-refractivity contribution in [3.8, 4) is 0 Å². The number of halogens is 1. The van der Waals surface area contributed by atoms with Crippen LogP contribution in [0.15, 0.2) is 15.9 Å². The van der Waals surface area contributed by atoms with Gasteiger partial charge in [0.2, 0.25) is 5.91 Å². The molecule has 1 aliphatic carbocycles. The molecular weight excluding hydrogens is 300 g/mol. The molecule has 17 heavy (non-hydrogen) atoms. The maximum absolute atomic E-state index is 12.2. The smallest absolute Gasteiger partial charge is 0.227 e. The Morgan fingerprint density at radius 1 is 1.71 bits per heavy atom. The summed E-state index contributed by atoms with van der Waals surface area (Å²) in [5, 5.41) is 3.00. The second-order valence-electron chi connectivity index (χ2n) is 4.80. The molecule has 0 bridgehead atoms. The van der Waals surface area contributed by atoms with Crippen molar-refractivity contribution < 1.29 is 4.79 Å². The fourth-order valence-electron chi connectivity index (χ4n) is 2.29. The van der Waals surface area contributed by atoms with Crippen molar-refractivity contribution >= 4 is 33.2 Å². The van der Waals surface area contributed by atoms with Gasteiger partial charge in [0.05, 0.1) is 15.7 Å². The Kier molecular flexibility index (Phi) is 3.90. The predicted octanol–water partition coefficient (Wildman–Crippen LogP) is 2.64. The van der Waals surface area contributed by atoms with Gasteiger partial charge in [0.1, 0.15) is 0 Å². The summed E-state index contributed by atoms with van der Waals surface area (Å²) in [6, 6.07) is 4.01. The van der Waals surface area contributed by atoms with Crippen LogP contribution < -0.4 is 11.1 Å². The lowest BCUT2D eigenvalue weighted by atomic mass is 9.84. The zero-order chi connectivity index (χ0) is 12.5. The lowest BCUT2D eigenvalue weighted by Gasteiger charge is -2.27. The number of nitrogens with one attached hydrogen (secondary N) is 1. The van der Waals surface area contributed by atoms with Crippen LogP contribution in [0.1, 0.15) is 31.1 Å². The molecule has 0 saturated heterocycles. The monoisotopic (exact) mass is 316 g/mol. The molecule has 0 aromatic carbocycles. The quantitative estimate of drug-likeness (QED) is 0.900. The van der Waals surface area contributed by atoms with Gasteiger partial charge in [0.25, 0.3) is 0 Å². The zero-order valence-corrected chi connectivity index (χ0v) is 12.2. The first-order valence-corrected chi connectivity index (χ1v) is 7.41. The van der Waals surface area contributed by atoms with E-state index in [1.54, 1.807) is 11.3 Å². The number of thiophene rings is 1. The highest BCUT2D eigenvalue weighted by molar-refractivity contribution is 9.11. The zero-order valence-electron chi connectivity index (χ0n) is 9.83. The van der Waals surface area contributed by atoms with E-state index in [-0.39, 0.29) is 17.4 Å². The molecule has 94 valence electrons. The summed E-state index contributed by atoms with van der Waals surface area (Å²) < 4.78 is 1.09. The van der Waals surface area contributed by atoms with Gasteiger partial charge in [-0.05, 0) is 47.8 Å². The first-order valence-electron chi connectivity index (χ1n) is 5.80. The first kappa shape index (κ1) is 13.1. The van der Waals surface area contributed by atoms with Gasteiger partial charge in [0, 0.05) is 10.9 Å². The summed E-state index contributed by atoms with van der Waals surface area (Å²) in [6.07, 6.45) is 2.90. The van der Waals surface area contributed by atoms with E-state index < -0.39 is 0 Å². The molecule has 3 N–H and O–H groups in total. The van der Waals surface area contributed by atoms with Crippen LogP contribution >= 0.6 is 27.3 Å². The molecule has 5 heteroatoms. The van der Waals surface area contributed by atoms with Crippen LogP contribution in [-0.4, -0.2) is 11.9 Å². The van der Waals surface area contributed by atoms with E-state index in [0.29, 0.717) is 6.54 Å². The molecular formula is C12H17BrN2OS. The fourth-order valence-corrected chi connectivity index (χ4v) is 3.71. The summed E-state index contributed by atoms with van der Waals surface area (Å²) >= 11 is 5.05. The average Bonchev–Trinajstić information content (AvgIpc) is 2.84. The fraction of sp³-hybridized carbons (Fsp3) is 0.583. The summed E-state index contributed by atoms with van der Waals surface area (Å²) in [5.41, 5.74) is 5.64.